The van der Waals surface area contributed by atoms with Gasteiger partial charge in [-0.1, -0.05) is 6.07 Å². The van der Waals surface area contributed by atoms with Crippen LogP contribution in [0.2, 0.25) is 0 Å². The molecule has 2 unspecified atom stereocenters. The Labute approximate surface area is 107 Å². The van der Waals surface area contributed by atoms with Crippen molar-refractivity contribution in [3.05, 3.63) is 29.6 Å². The van der Waals surface area contributed by atoms with Crippen LogP contribution in [0.15, 0.2) is 18.2 Å². The van der Waals surface area contributed by atoms with Gasteiger partial charge in [-0.05, 0) is 38.7 Å². The number of aliphatic hydroxyl groups is 1. The number of rotatable bonds is 4. The molecule has 1 heterocycles. The van der Waals surface area contributed by atoms with Crippen molar-refractivity contribution in [1.82, 2.24) is 14.9 Å². The smallest absolute Gasteiger partial charge is 0.104 e. The van der Waals surface area contributed by atoms with Crippen LogP contribution in [0, 0.1) is 6.92 Å². The predicted molar refractivity (Wildman–Crippen MR) is 72.3 cm³/mol. The number of benzene rings is 1. The zero-order valence-electron chi connectivity index (χ0n) is 11.0. The van der Waals surface area contributed by atoms with Gasteiger partial charge in [-0.2, -0.15) is 0 Å². The normalized spacial score (nSPS) is 15.2. The molecule has 0 saturated carbocycles. The molecule has 5 heteroatoms. The first kappa shape index (κ1) is 13.0. The van der Waals surface area contributed by atoms with Crippen molar-refractivity contribution >= 4 is 11.0 Å². The van der Waals surface area contributed by atoms with Gasteiger partial charge in [-0.15, -0.1) is 0 Å². The lowest BCUT2D eigenvalue weighted by Crippen LogP contribution is -2.39. The van der Waals surface area contributed by atoms with E-state index in [0.29, 0.717) is 0 Å². The number of nitrogens with one attached hydrogen (secondary N) is 1. The average molecular weight is 248 g/mol. The maximum absolute atomic E-state index is 9.26. The molecular formula is C13H20N4O. The monoisotopic (exact) mass is 248 g/mol. The fourth-order valence-corrected chi connectivity index (χ4v) is 2.37. The lowest BCUT2D eigenvalue weighted by Gasteiger charge is -2.29. The number of hydrogen-bond acceptors (Lipinski definition) is 4. The third-order valence-corrected chi connectivity index (χ3v) is 3.14. The second kappa shape index (κ2) is 5.06. The molecule has 2 aromatic rings. The number of imidazole rings is 1. The fourth-order valence-electron chi connectivity index (χ4n) is 2.37. The second-order valence-electron chi connectivity index (χ2n) is 4.85. The molecule has 5 nitrogen and oxygen atoms in total. The van der Waals surface area contributed by atoms with Crippen molar-refractivity contribution in [3.63, 3.8) is 0 Å². The van der Waals surface area contributed by atoms with Crippen LogP contribution in [-0.2, 0) is 0 Å². The third-order valence-electron chi connectivity index (χ3n) is 3.14. The number of H-pyrrole nitrogens is 1. The van der Waals surface area contributed by atoms with E-state index < -0.39 is 0 Å². The Morgan fingerprint density at radius 3 is 2.78 bits per heavy atom. The Morgan fingerprint density at radius 1 is 1.44 bits per heavy atom. The van der Waals surface area contributed by atoms with Crippen LogP contribution < -0.4 is 5.73 Å². The minimum absolute atomic E-state index is 0.0111. The molecule has 1 aromatic carbocycles. The molecule has 2 atom stereocenters. The lowest BCUT2D eigenvalue weighted by atomic mass is 9.99. The number of hydrogen-bond donors (Lipinski definition) is 3. The minimum atomic E-state index is -0.304. The SMILES string of the molecule is Cc1nc2ccc(C(C(N)CO)N(C)C)cc2[nH]1. The van der Waals surface area contributed by atoms with Gasteiger partial charge in [-0.3, -0.25) is 0 Å². The van der Waals surface area contributed by atoms with E-state index in [4.69, 9.17) is 5.73 Å². The number of likely N-dealkylation sites (N-methyl/N-ethyl adjacent to an activating group) is 1. The van der Waals surface area contributed by atoms with Crippen LogP contribution in [0.5, 0.6) is 0 Å². The predicted octanol–water partition coefficient (Wildman–Crippen LogP) is 0.794. The number of fused-ring (bicyclic) bond motifs is 1. The van der Waals surface area contributed by atoms with Crippen molar-refractivity contribution < 1.29 is 5.11 Å². The maximum Gasteiger partial charge on any atom is 0.104 e. The van der Waals surface area contributed by atoms with E-state index in [1.807, 2.05) is 38.1 Å². The van der Waals surface area contributed by atoms with Crippen molar-refractivity contribution in [2.45, 2.75) is 19.0 Å². The lowest BCUT2D eigenvalue weighted by molar-refractivity contribution is 0.181. The van der Waals surface area contributed by atoms with Crippen LogP contribution >= 0.6 is 0 Å². The summed E-state index contributed by atoms with van der Waals surface area (Å²) in [6, 6.07) is 5.73. The maximum atomic E-state index is 9.26. The van der Waals surface area contributed by atoms with E-state index >= 15 is 0 Å². The number of aromatic nitrogens is 2. The molecule has 18 heavy (non-hydrogen) atoms. The Bertz CT molecular complexity index is 535. The Hall–Kier alpha value is -1.43. The van der Waals surface area contributed by atoms with Crippen LogP contribution in [0.1, 0.15) is 17.4 Å². The molecule has 0 saturated heterocycles. The van der Waals surface area contributed by atoms with E-state index in [1.165, 1.54) is 0 Å². The summed E-state index contributed by atoms with van der Waals surface area (Å²) in [5, 5.41) is 9.26. The largest absolute Gasteiger partial charge is 0.395 e. The molecular weight excluding hydrogens is 228 g/mol. The third kappa shape index (κ3) is 2.38. The highest BCUT2D eigenvalue weighted by molar-refractivity contribution is 5.76. The highest BCUT2D eigenvalue weighted by Crippen LogP contribution is 2.24. The van der Waals surface area contributed by atoms with Gasteiger partial charge in [0.05, 0.1) is 23.7 Å². The number of nitrogens with zero attached hydrogens (tertiary/aromatic N) is 2. The van der Waals surface area contributed by atoms with E-state index in [0.717, 1.165) is 22.4 Å². The zero-order valence-corrected chi connectivity index (χ0v) is 11.0. The summed E-state index contributed by atoms with van der Waals surface area (Å²) in [5.41, 5.74) is 9.02. The molecule has 1 aromatic heterocycles. The molecule has 0 fully saturated rings. The molecule has 0 amide bonds. The van der Waals surface area contributed by atoms with Gasteiger partial charge in [0, 0.05) is 6.04 Å². The van der Waals surface area contributed by atoms with Gasteiger partial charge >= 0.3 is 0 Å². The summed E-state index contributed by atoms with van der Waals surface area (Å²) < 4.78 is 0. The molecule has 0 aliphatic carbocycles. The van der Waals surface area contributed by atoms with Crippen LogP contribution in [0.25, 0.3) is 11.0 Å². The molecule has 0 radical (unpaired) electrons. The first-order valence-electron chi connectivity index (χ1n) is 6.02. The second-order valence-corrected chi connectivity index (χ2v) is 4.85. The molecule has 0 aliphatic heterocycles. The summed E-state index contributed by atoms with van der Waals surface area (Å²) >= 11 is 0. The number of aryl methyl sites for hydroxylation is 1. The summed E-state index contributed by atoms with van der Waals surface area (Å²) in [5.74, 6) is 0.898. The number of nitrogens with two attached hydrogens (primary N) is 1. The van der Waals surface area contributed by atoms with Gasteiger partial charge in [-0.25, -0.2) is 4.98 Å². The molecule has 0 aliphatic rings. The van der Waals surface area contributed by atoms with Gasteiger partial charge < -0.3 is 20.7 Å². The molecule has 98 valence electrons. The van der Waals surface area contributed by atoms with E-state index in [2.05, 4.69) is 16.0 Å². The molecule has 2 rings (SSSR count). The zero-order chi connectivity index (χ0) is 13.3. The average Bonchev–Trinajstić information content (AvgIpc) is 2.68. The Morgan fingerprint density at radius 2 is 2.17 bits per heavy atom. The van der Waals surface area contributed by atoms with Gasteiger partial charge in [0.15, 0.2) is 0 Å². The van der Waals surface area contributed by atoms with Gasteiger partial charge in [0.25, 0.3) is 0 Å². The Kier molecular flexibility index (Phi) is 3.65. The quantitative estimate of drug-likeness (QED) is 0.747. The highest BCUT2D eigenvalue weighted by Gasteiger charge is 2.21. The van der Waals surface area contributed by atoms with Crippen molar-refractivity contribution in [1.29, 1.82) is 0 Å². The van der Waals surface area contributed by atoms with Crippen molar-refractivity contribution in [2.24, 2.45) is 5.73 Å². The van der Waals surface area contributed by atoms with Crippen molar-refractivity contribution in [3.8, 4) is 0 Å². The molecule has 4 N–H and O–H groups in total. The standard InChI is InChI=1S/C13H20N4O/c1-8-15-11-5-4-9(6-12(11)16-8)13(17(2)3)10(14)7-18/h4-6,10,13,18H,7,14H2,1-3H3,(H,15,16). The van der Waals surface area contributed by atoms with Crippen LogP contribution in [-0.4, -0.2) is 46.7 Å². The minimum Gasteiger partial charge on any atom is -0.395 e. The first-order chi connectivity index (χ1) is 8.52. The van der Waals surface area contributed by atoms with Gasteiger partial charge in [0.2, 0.25) is 0 Å². The number of aliphatic hydroxyl groups excluding tert-OH is 1. The van der Waals surface area contributed by atoms with Gasteiger partial charge in [0.1, 0.15) is 5.82 Å². The summed E-state index contributed by atoms with van der Waals surface area (Å²) in [6.45, 7) is 1.89. The summed E-state index contributed by atoms with van der Waals surface area (Å²) in [6.07, 6.45) is 0. The topological polar surface area (TPSA) is 78.2 Å². The van der Waals surface area contributed by atoms with Crippen LogP contribution in [0.3, 0.4) is 0 Å². The van der Waals surface area contributed by atoms with E-state index in [1.54, 1.807) is 0 Å². The van der Waals surface area contributed by atoms with Crippen LogP contribution in [0.4, 0.5) is 0 Å². The first-order valence-corrected chi connectivity index (χ1v) is 6.02. The fraction of sp³-hybridized carbons (Fsp3) is 0.462. The molecule has 0 spiro atoms. The summed E-state index contributed by atoms with van der Waals surface area (Å²) in [7, 11) is 3.92. The highest BCUT2D eigenvalue weighted by atomic mass is 16.3. The van der Waals surface area contributed by atoms with E-state index in [-0.39, 0.29) is 18.7 Å². The molecule has 0 bridgehead atoms. The van der Waals surface area contributed by atoms with Crippen molar-refractivity contribution in [2.75, 3.05) is 20.7 Å². The van der Waals surface area contributed by atoms with E-state index in [9.17, 15) is 5.11 Å². The number of aromatic amines is 1. The summed E-state index contributed by atoms with van der Waals surface area (Å²) in [4.78, 5) is 9.61. The Balaban J connectivity index is 2.43.